The number of carbonyl (C=O) groups excluding carboxylic acids is 1. The Balaban J connectivity index is 1.73. The van der Waals surface area contributed by atoms with Gasteiger partial charge in [-0.1, -0.05) is 6.92 Å². The Morgan fingerprint density at radius 2 is 2.00 bits per heavy atom. The van der Waals surface area contributed by atoms with Gasteiger partial charge >= 0.3 is 0 Å². The molecule has 1 aliphatic carbocycles. The van der Waals surface area contributed by atoms with Crippen LogP contribution in [0.15, 0.2) is 18.2 Å². The summed E-state index contributed by atoms with van der Waals surface area (Å²) in [6.07, 6.45) is 0.996. The molecule has 2 atom stereocenters. The van der Waals surface area contributed by atoms with Gasteiger partial charge in [-0.25, -0.2) is 0 Å². The van der Waals surface area contributed by atoms with Crippen molar-refractivity contribution in [3.8, 4) is 11.5 Å². The van der Waals surface area contributed by atoms with Crippen molar-refractivity contribution in [2.75, 3.05) is 18.5 Å². The molecule has 1 saturated carbocycles. The number of nitrogens with one attached hydrogen (secondary N) is 1. The van der Waals surface area contributed by atoms with Crippen LogP contribution >= 0.6 is 0 Å². The Hall–Kier alpha value is -1.71. The quantitative estimate of drug-likeness (QED) is 0.850. The fourth-order valence-electron chi connectivity index (χ4n) is 2.04. The van der Waals surface area contributed by atoms with Crippen molar-refractivity contribution in [2.45, 2.75) is 13.3 Å². The summed E-state index contributed by atoms with van der Waals surface area (Å²) in [6.45, 7) is 3.23. The SMILES string of the molecule is C[C@H]1C[C@H]1C(=O)Nc1ccc2c(c1)OCCO2. The van der Waals surface area contributed by atoms with Crippen LogP contribution in [0.1, 0.15) is 13.3 Å². The van der Waals surface area contributed by atoms with Crippen LogP contribution in [0.25, 0.3) is 0 Å². The summed E-state index contributed by atoms with van der Waals surface area (Å²) in [4.78, 5) is 11.8. The third-order valence-electron chi connectivity index (χ3n) is 3.26. The minimum atomic E-state index is 0.106. The molecular weight excluding hydrogens is 218 g/mol. The molecule has 1 heterocycles. The third kappa shape index (κ3) is 2.07. The first-order valence-corrected chi connectivity index (χ1v) is 5.94. The Bertz CT molecular complexity index is 458. The van der Waals surface area contributed by atoms with Gasteiger partial charge < -0.3 is 14.8 Å². The highest BCUT2D eigenvalue weighted by molar-refractivity contribution is 5.94. The maximum Gasteiger partial charge on any atom is 0.227 e. The molecule has 0 saturated heterocycles. The van der Waals surface area contributed by atoms with Gasteiger partial charge in [-0.2, -0.15) is 0 Å². The lowest BCUT2D eigenvalue weighted by Gasteiger charge is -2.19. The molecule has 0 spiro atoms. The van der Waals surface area contributed by atoms with E-state index in [0.717, 1.165) is 17.9 Å². The van der Waals surface area contributed by atoms with Gasteiger partial charge in [0, 0.05) is 17.7 Å². The number of carbonyl (C=O) groups is 1. The molecule has 3 rings (SSSR count). The summed E-state index contributed by atoms with van der Waals surface area (Å²) in [5, 5.41) is 2.91. The van der Waals surface area contributed by atoms with Crippen LogP contribution in [0.4, 0.5) is 5.69 Å². The zero-order valence-corrected chi connectivity index (χ0v) is 9.73. The first-order valence-electron chi connectivity index (χ1n) is 5.94. The number of amides is 1. The highest BCUT2D eigenvalue weighted by Crippen LogP contribution is 2.39. The van der Waals surface area contributed by atoms with Crippen molar-refractivity contribution in [1.29, 1.82) is 0 Å². The number of rotatable bonds is 2. The Kier molecular flexibility index (Phi) is 2.42. The first kappa shape index (κ1) is 10.4. The largest absolute Gasteiger partial charge is 0.486 e. The van der Waals surface area contributed by atoms with Crippen molar-refractivity contribution >= 4 is 11.6 Å². The number of anilines is 1. The molecule has 0 aromatic heterocycles. The van der Waals surface area contributed by atoms with Gasteiger partial charge in [0.05, 0.1) is 0 Å². The number of ether oxygens (including phenoxy) is 2. The van der Waals surface area contributed by atoms with Crippen LogP contribution in [0.3, 0.4) is 0 Å². The van der Waals surface area contributed by atoms with Crippen LogP contribution in [0.2, 0.25) is 0 Å². The van der Waals surface area contributed by atoms with Crippen molar-refractivity contribution in [2.24, 2.45) is 11.8 Å². The van der Waals surface area contributed by atoms with Crippen molar-refractivity contribution < 1.29 is 14.3 Å². The molecular formula is C13H15NO3. The van der Waals surface area contributed by atoms with Crippen LogP contribution in [0, 0.1) is 11.8 Å². The summed E-state index contributed by atoms with van der Waals surface area (Å²) >= 11 is 0. The maximum atomic E-state index is 11.8. The predicted octanol–water partition coefficient (Wildman–Crippen LogP) is 2.05. The van der Waals surface area contributed by atoms with E-state index in [4.69, 9.17) is 9.47 Å². The predicted molar refractivity (Wildman–Crippen MR) is 63.3 cm³/mol. The van der Waals surface area contributed by atoms with Gasteiger partial charge in [-0.05, 0) is 24.5 Å². The molecule has 1 N–H and O–H groups in total. The van der Waals surface area contributed by atoms with Gasteiger partial charge in [0.25, 0.3) is 0 Å². The summed E-state index contributed by atoms with van der Waals surface area (Å²) in [7, 11) is 0. The van der Waals surface area contributed by atoms with Crippen LogP contribution in [-0.2, 0) is 4.79 Å². The van der Waals surface area contributed by atoms with Crippen LogP contribution in [0.5, 0.6) is 11.5 Å². The normalized spacial score (nSPS) is 25.2. The van der Waals surface area contributed by atoms with Gasteiger partial charge in [-0.3, -0.25) is 4.79 Å². The van der Waals surface area contributed by atoms with Crippen molar-refractivity contribution in [1.82, 2.24) is 0 Å². The highest BCUT2D eigenvalue weighted by atomic mass is 16.6. The molecule has 1 amide bonds. The molecule has 17 heavy (non-hydrogen) atoms. The van der Waals surface area contributed by atoms with E-state index in [2.05, 4.69) is 12.2 Å². The lowest BCUT2D eigenvalue weighted by molar-refractivity contribution is -0.117. The van der Waals surface area contributed by atoms with E-state index in [0.29, 0.717) is 24.9 Å². The van der Waals surface area contributed by atoms with Crippen LogP contribution in [-0.4, -0.2) is 19.1 Å². The minimum Gasteiger partial charge on any atom is -0.486 e. The molecule has 2 aliphatic rings. The minimum absolute atomic E-state index is 0.106. The molecule has 0 radical (unpaired) electrons. The monoisotopic (exact) mass is 233 g/mol. The Morgan fingerprint density at radius 1 is 1.29 bits per heavy atom. The molecule has 90 valence electrons. The van der Waals surface area contributed by atoms with Crippen molar-refractivity contribution in [3.05, 3.63) is 18.2 Å². The average molecular weight is 233 g/mol. The molecule has 0 unspecified atom stereocenters. The fraction of sp³-hybridized carbons (Fsp3) is 0.462. The van der Waals surface area contributed by atoms with Crippen molar-refractivity contribution in [3.63, 3.8) is 0 Å². The third-order valence-corrected chi connectivity index (χ3v) is 3.26. The second-order valence-electron chi connectivity index (χ2n) is 4.67. The Morgan fingerprint density at radius 3 is 2.71 bits per heavy atom. The van der Waals surface area contributed by atoms with Gasteiger partial charge in [0.15, 0.2) is 11.5 Å². The van der Waals surface area contributed by atoms with E-state index in [-0.39, 0.29) is 11.8 Å². The topological polar surface area (TPSA) is 47.6 Å². The molecule has 4 heteroatoms. The first-order chi connectivity index (χ1) is 8.24. The van der Waals surface area contributed by atoms with Gasteiger partial charge in [-0.15, -0.1) is 0 Å². The van der Waals surface area contributed by atoms with E-state index in [1.54, 1.807) is 0 Å². The second kappa shape index (κ2) is 3.95. The summed E-state index contributed by atoms with van der Waals surface area (Å²) in [5.74, 6) is 2.26. The van der Waals surface area contributed by atoms with E-state index >= 15 is 0 Å². The summed E-state index contributed by atoms with van der Waals surface area (Å²) in [5.41, 5.74) is 0.776. The molecule has 4 nitrogen and oxygen atoms in total. The fourth-order valence-corrected chi connectivity index (χ4v) is 2.04. The number of hydrogen-bond donors (Lipinski definition) is 1. The number of fused-ring (bicyclic) bond motifs is 1. The molecule has 0 bridgehead atoms. The van der Waals surface area contributed by atoms with Crippen LogP contribution < -0.4 is 14.8 Å². The highest BCUT2D eigenvalue weighted by Gasteiger charge is 2.39. The van der Waals surface area contributed by atoms with Gasteiger partial charge in [0.1, 0.15) is 13.2 Å². The molecule has 1 aromatic carbocycles. The van der Waals surface area contributed by atoms with Gasteiger partial charge in [0.2, 0.25) is 5.91 Å². The maximum absolute atomic E-state index is 11.8. The second-order valence-corrected chi connectivity index (χ2v) is 4.67. The smallest absolute Gasteiger partial charge is 0.227 e. The summed E-state index contributed by atoms with van der Waals surface area (Å²) < 4.78 is 10.9. The van der Waals surface area contributed by atoms with E-state index in [1.165, 1.54) is 0 Å². The van der Waals surface area contributed by atoms with E-state index < -0.39 is 0 Å². The molecule has 1 aromatic rings. The standard InChI is InChI=1S/C13H15NO3/c1-8-6-10(8)13(15)14-9-2-3-11-12(7-9)17-5-4-16-11/h2-3,7-8,10H,4-6H2,1H3,(H,14,15)/t8-,10+/m0/s1. The average Bonchev–Trinajstić information content (AvgIpc) is 3.06. The summed E-state index contributed by atoms with van der Waals surface area (Å²) in [6, 6.07) is 5.50. The number of hydrogen-bond acceptors (Lipinski definition) is 3. The molecule has 1 aliphatic heterocycles. The zero-order valence-electron chi connectivity index (χ0n) is 9.73. The van der Waals surface area contributed by atoms with E-state index in [9.17, 15) is 4.79 Å². The lowest BCUT2D eigenvalue weighted by Crippen LogP contribution is -2.17. The Labute approximate surface area is 99.9 Å². The molecule has 1 fully saturated rings. The number of benzene rings is 1. The zero-order chi connectivity index (χ0) is 11.8. The van der Waals surface area contributed by atoms with E-state index in [1.807, 2.05) is 18.2 Å². The lowest BCUT2D eigenvalue weighted by atomic mass is 10.2.